The van der Waals surface area contributed by atoms with E-state index >= 15 is 0 Å². The van der Waals surface area contributed by atoms with Crippen LogP contribution in [0.5, 0.6) is 0 Å². The molecular weight excluding hydrogens is 511 g/mol. The van der Waals surface area contributed by atoms with Crippen molar-refractivity contribution >= 4 is 57.2 Å². The van der Waals surface area contributed by atoms with Crippen molar-refractivity contribution in [3.05, 3.63) is 42.5 Å². The van der Waals surface area contributed by atoms with Crippen molar-refractivity contribution in [2.45, 2.75) is 120 Å². The molecule has 2 aromatic rings. The van der Waals surface area contributed by atoms with E-state index in [9.17, 15) is 4.79 Å². The van der Waals surface area contributed by atoms with Crippen molar-refractivity contribution in [2.75, 3.05) is 5.32 Å². The van der Waals surface area contributed by atoms with Crippen LogP contribution in [0.15, 0.2) is 42.5 Å². The van der Waals surface area contributed by atoms with E-state index in [0.717, 1.165) is 29.3 Å². The van der Waals surface area contributed by atoms with Crippen LogP contribution in [0.25, 0.3) is 10.8 Å². The molecule has 36 heavy (non-hydrogen) atoms. The maximum absolute atomic E-state index is 12.6. The van der Waals surface area contributed by atoms with Crippen molar-refractivity contribution in [1.29, 1.82) is 0 Å². The number of unbranched alkanes of at least 4 members (excludes halogenated alkanes) is 14. The summed E-state index contributed by atoms with van der Waals surface area (Å²) >= 11 is 18.6. The van der Waals surface area contributed by atoms with Crippen LogP contribution in [-0.4, -0.2) is 15.9 Å². The lowest BCUT2D eigenvalue weighted by Crippen LogP contribution is -2.49. The number of carbonyl (C=O) groups excluding carboxylic acids is 1. The fourth-order valence-electron chi connectivity index (χ4n) is 4.60. The number of rotatable bonds is 19. The molecule has 0 bridgehead atoms. The number of halogens is 3. The number of amides is 1. The Morgan fingerprint density at radius 1 is 0.722 bits per heavy atom. The summed E-state index contributed by atoms with van der Waals surface area (Å²) in [5.74, 6) is -0.103. The molecule has 0 radical (unpaired) electrons. The van der Waals surface area contributed by atoms with Gasteiger partial charge >= 0.3 is 0 Å². The summed E-state index contributed by atoms with van der Waals surface area (Å²) in [6.45, 7) is 2.27. The van der Waals surface area contributed by atoms with Gasteiger partial charge in [0.2, 0.25) is 9.70 Å². The number of nitrogens with one attached hydrogen (secondary N) is 2. The molecule has 0 saturated heterocycles. The van der Waals surface area contributed by atoms with E-state index in [0.29, 0.717) is 6.42 Å². The van der Waals surface area contributed by atoms with Crippen LogP contribution in [0.2, 0.25) is 0 Å². The second-order valence-corrected chi connectivity index (χ2v) is 12.3. The van der Waals surface area contributed by atoms with E-state index in [1.165, 1.54) is 83.5 Å². The Balaban J connectivity index is 1.57. The molecule has 2 N–H and O–H groups in total. The molecule has 0 aliphatic rings. The highest BCUT2D eigenvalue weighted by atomic mass is 35.6. The fraction of sp³-hybridized carbons (Fsp3) is 0.633. The van der Waals surface area contributed by atoms with Gasteiger partial charge in [0.1, 0.15) is 6.17 Å². The number of hydrogen-bond acceptors (Lipinski definition) is 2. The summed E-state index contributed by atoms with van der Waals surface area (Å²) < 4.78 is -1.68. The Morgan fingerprint density at radius 3 is 1.78 bits per heavy atom. The topological polar surface area (TPSA) is 41.1 Å². The van der Waals surface area contributed by atoms with Crippen LogP contribution in [0, 0.1) is 0 Å². The molecule has 0 aliphatic heterocycles. The predicted octanol–water partition coefficient (Wildman–Crippen LogP) is 10.3. The maximum Gasteiger partial charge on any atom is 0.228 e. The first-order chi connectivity index (χ1) is 17.4. The molecule has 2 aromatic carbocycles. The zero-order valence-electron chi connectivity index (χ0n) is 22.0. The summed E-state index contributed by atoms with van der Waals surface area (Å²) in [7, 11) is 0. The van der Waals surface area contributed by atoms with Crippen molar-refractivity contribution in [1.82, 2.24) is 5.32 Å². The van der Waals surface area contributed by atoms with E-state index < -0.39 is 9.96 Å². The minimum Gasteiger partial charge on any atom is -0.361 e. The molecule has 1 unspecified atom stereocenters. The number of fused-ring (bicyclic) bond motifs is 1. The number of carbonyl (C=O) groups is 1. The van der Waals surface area contributed by atoms with Gasteiger partial charge in [-0.3, -0.25) is 4.79 Å². The largest absolute Gasteiger partial charge is 0.361 e. The van der Waals surface area contributed by atoms with E-state index in [2.05, 4.69) is 17.6 Å². The average Bonchev–Trinajstić information content (AvgIpc) is 2.85. The number of alkyl halides is 3. The molecule has 1 atom stereocenters. The summed E-state index contributed by atoms with van der Waals surface area (Å²) in [4.78, 5) is 12.6. The molecule has 3 nitrogen and oxygen atoms in total. The van der Waals surface area contributed by atoms with Gasteiger partial charge in [-0.2, -0.15) is 0 Å². The first-order valence-corrected chi connectivity index (χ1v) is 15.2. The molecule has 1 amide bonds. The van der Waals surface area contributed by atoms with Crippen LogP contribution in [0.3, 0.4) is 0 Å². The molecule has 0 aliphatic carbocycles. The van der Waals surface area contributed by atoms with Crippen molar-refractivity contribution in [3.8, 4) is 0 Å². The zero-order valence-corrected chi connectivity index (χ0v) is 24.2. The van der Waals surface area contributed by atoms with Gasteiger partial charge < -0.3 is 10.6 Å². The second-order valence-electron chi connectivity index (χ2n) is 9.91. The second kappa shape index (κ2) is 18.2. The molecule has 0 spiro atoms. The minimum atomic E-state index is -1.68. The van der Waals surface area contributed by atoms with Gasteiger partial charge in [-0.05, 0) is 17.9 Å². The lowest BCUT2D eigenvalue weighted by Gasteiger charge is -2.28. The molecule has 202 valence electrons. The van der Waals surface area contributed by atoms with Crippen molar-refractivity contribution in [3.63, 3.8) is 0 Å². The molecule has 0 heterocycles. The number of anilines is 1. The molecule has 0 fully saturated rings. The van der Waals surface area contributed by atoms with Gasteiger partial charge in [-0.1, -0.05) is 168 Å². The zero-order chi connectivity index (χ0) is 26.1. The molecule has 6 heteroatoms. The van der Waals surface area contributed by atoms with Gasteiger partial charge in [0.25, 0.3) is 0 Å². The van der Waals surface area contributed by atoms with Gasteiger partial charge in [0.05, 0.1) is 0 Å². The number of hydrogen-bond donors (Lipinski definition) is 2. The van der Waals surface area contributed by atoms with Crippen LogP contribution in [-0.2, 0) is 4.79 Å². The molecule has 0 saturated carbocycles. The lowest BCUT2D eigenvalue weighted by atomic mass is 10.0. The van der Waals surface area contributed by atoms with Gasteiger partial charge in [-0.25, -0.2) is 0 Å². The van der Waals surface area contributed by atoms with E-state index in [1.54, 1.807) is 0 Å². The van der Waals surface area contributed by atoms with Gasteiger partial charge in [-0.15, -0.1) is 0 Å². The summed E-state index contributed by atoms with van der Waals surface area (Å²) in [6, 6.07) is 13.9. The summed E-state index contributed by atoms with van der Waals surface area (Å²) in [5.41, 5.74) is 0.816. The smallest absolute Gasteiger partial charge is 0.228 e. The standard InChI is InChI=1S/C30H45Cl3N2O/c1-2-3-4-5-6-7-8-9-10-11-12-13-14-15-16-24-28(36)35-29(30(31,32)33)34-27-23-19-21-25-20-17-18-22-26(25)27/h17-23,29,34H,2-16,24H2,1H3,(H,35,36). The van der Waals surface area contributed by atoms with Crippen LogP contribution < -0.4 is 10.6 Å². The Labute approximate surface area is 234 Å². The third kappa shape index (κ3) is 12.9. The van der Waals surface area contributed by atoms with E-state index in [1.807, 2.05) is 42.5 Å². The first kappa shape index (κ1) is 31.1. The van der Waals surface area contributed by atoms with Crippen LogP contribution in [0.4, 0.5) is 5.69 Å². The summed E-state index contributed by atoms with van der Waals surface area (Å²) in [6.07, 6.45) is 19.1. The van der Waals surface area contributed by atoms with E-state index in [4.69, 9.17) is 34.8 Å². The highest BCUT2D eigenvalue weighted by Crippen LogP contribution is 2.33. The highest BCUT2D eigenvalue weighted by molar-refractivity contribution is 6.68. The lowest BCUT2D eigenvalue weighted by molar-refractivity contribution is -0.121. The molecule has 0 aromatic heterocycles. The first-order valence-electron chi connectivity index (χ1n) is 14.0. The SMILES string of the molecule is CCCCCCCCCCCCCCCCCC(=O)NC(Nc1cccc2ccccc12)C(Cl)(Cl)Cl. The monoisotopic (exact) mass is 554 g/mol. The normalized spacial score (nSPS) is 12.6. The Bertz CT molecular complexity index is 863. The Morgan fingerprint density at radius 2 is 1.22 bits per heavy atom. The fourth-order valence-corrected chi connectivity index (χ4v) is 4.92. The predicted molar refractivity (Wildman–Crippen MR) is 159 cm³/mol. The molecular formula is C30H45Cl3N2O. The third-order valence-corrected chi connectivity index (χ3v) is 7.38. The van der Waals surface area contributed by atoms with Crippen LogP contribution >= 0.6 is 34.8 Å². The Kier molecular flexibility index (Phi) is 15.7. The highest BCUT2D eigenvalue weighted by Gasteiger charge is 2.34. The van der Waals surface area contributed by atoms with E-state index in [-0.39, 0.29) is 5.91 Å². The minimum absolute atomic E-state index is 0.103. The van der Waals surface area contributed by atoms with Crippen molar-refractivity contribution < 1.29 is 4.79 Å². The third-order valence-electron chi connectivity index (χ3n) is 6.73. The van der Waals surface area contributed by atoms with Gasteiger partial charge in [0.15, 0.2) is 0 Å². The average molecular weight is 556 g/mol. The quantitative estimate of drug-likeness (QED) is 0.103. The van der Waals surface area contributed by atoms with Crippen molar-refractivity contribution in [2.24, 2.45) is 0 Å². The maximum atomic E-state index is 12.6. The van der Waals surface area contributed by atoms with Crippen LogP contribution in [0.1, 0.15) is 110 Å². The van der Waals surface area contributed by atoms with Gasteiger partial charge in [0, 0.05) is 17.5 Å². The number of benzene rings is 2. The molecule has 2 rings (SSSR count). The Hall–Kier alpha value is -1.16. The summed E-state index contributed by atoms with van der Waals surface area (Å²) in [5, 5.41) is 8.18.